The van der Waals surface area contributed by atoms with Gasteiger partial charge >= 0.3 is 0 Å². The average molecular weight is 293 g/mol. The van der Waals surface area contributed by atoms with Gasteiger partial charge in [0.2, 0.25) is 10.0 Å². The summed E-state index contributed by atoms with van der Waals surface area (Å²) in [7, 11) is -3.59. The smallest absolute Gasteiger partial charge is 0.236 e. The van der Waals surface area contributed by atoms with Crippen molar-refractivity contribution in [1.29, 1.82) is 0 Å². The third kappa shape index (κ3) is 3.13. The first-order valence-corrected chi connectivity index (χ1v) is 7.59. The molecule has 1 atom stereocenters. The summed E-state index contributed by atoms with van der Waals surface area (Å²) in [6, 6.07) is 3.78. The van der Waals surface area contributed by atoms with Gasteiger partial charge in [0.1, 0.15) is 5.82 Å². The van der Waals surface area contributed by atoms with E-state index in [1.54, 1.807) is 0 Å². The molecule has 1 unspecified atom stereocenters. The van der Waals surface area contributed by atoms with Gasteiger partial charge in [-0.1, -0.05) is 11.6 Å². The number of hydrogen-bond acceptors (Lipinski definition) is 3. The minimum absolute atomic E-state index is 0.104. The van der Waals surface area contributed by atoms with E-state index in [4.69, 9.17) is 11.6 Å². The lowest BCUT2D eigenvalue weighted by atomic mass is 10.2. The predicted molar refractivity (Wildman–Crippen MR) is 69.8 cm³/mol. The van der Waals surface area contributed by atoms with Crippen LogP contribution in [0.5, 0.6) is 0 Å². The topological polar surface area (TPSA) is 58.2 Å². The quantitative estimate of drug-likeness (QED) is 0.895. The van der Waals surface area contributed by atoms with Crippen LogP contribution in [0.4, 0.5) is 10.1 Å². The van der Waals surface area contributed by atoms with E-state index in [0.29, 0.717) is 13.0 Å². The van der Waals surface area contributed by atoms with Gasteiger partial charge in [-0.15, -0.1) is 0 Å². The summed E-state index contributed by atoms with van der Waals surface area (Å²) < 4.78 is 39.9. The summed E-state index contributed by atoms with van der Waals surface area (Å²) in [6.07, 6.45) is 1.37. The summed E-state index contributed by atoms with van der Waals surface area (Å²) in [6.45, 7) is 1.20. The fraction of sp³-hybridized carbons (Fsp3) is 0.455. The lowest BCUT2D eigenvalue weighted by Crippen LogP contribution is -2.41. The van der Waals surface area contributed by atoms with Crippen LogP contribution in [0.1, 0.15) is 12.8 Å². The highest BCUT2D eigenvalue weighted by molar-refractivity contribution is 7.93. The first-order valence-electron chi connectivity index (χ1n) is 5.66. The highest BCUT2D eigenvalue weighted by Crippen LogP contribution is 2.22. The lowest BCUT2D eigenvalue weighted by Gasteiger charge is -2.23. The second-order valence-electron chi connectivity index (χ2n) is 4.24. The maximum absolute atomic E-state index is 13.5. The van der Waals surface area contributed by atoms with Crippen molar-refractivity contribution in [2.75, 3.05) is 17.8 Å². The van der Waals surface area contributed by atoms with Gasteiger partial charge in [-0.05, 0) is 37.6 Å². The van der Waals surface area contributed by atoms with E-state index < -0.39 is 21.1 Å². The largest absolute Gasteiger partial charge is 0.315 e. The SMILES string of the molecule is O=S(=O)(Nc1cc(Cl)ccc1F)C1CCCNC1. The van der Waals surface area contributed by atoms with Crippen molar-refractivity contribution in [2.45, 2.75) is 18.1 Å². The number of sulfonamides is 1. The van der Waals surface area contributed by atoms with Crippen molar-refractivity contribution in [3.8, 4) is 0 Å². The van der Waals surface area contributed by atoms with Crippen molar-refractivity contribution in [2.24, 2.45) is 0 Å². The van der Waals surface area contributed by atoms with Crippen LogP contribution in [0.2, 0.25) is 5.02 Å². The molecule has 18 heavy (non-hydrogen) atoms. The predicted octanol–water partition coefficient (Wildman–Crippen LogP) is 1.97. The summed E-state index contributed by atoms with van der Waals surface area (Å²) in [5, 5.41) is 2.76. The monoisotopic (exact) mass is 292 g/mol. The van der Waals surface area contributed by atoms with E-state index in [0.717, 1.165) is 19.0 Å². The molecule has 2 rings (SSSR count). The molecular formula is C11H14ClFN2O2S. The molecule has 1 aliphatic rings. The van der Waals surface area contributed by atoms with E-state index in [2.05, 4.69) is 10.0 Å². The Hall–Kier alpha value is -0.850. The third-order valence-corrected chi connectivity index (χ3v) is 4.89. The highest BCUT2D eigenvalue weighted by Gasteiger charge is 2.27. The Bertz CT molecular complexity index is 530. The zero-order valence-corrected chi connectivity index (χ0v) is 11.2. The Morgan fingerprint density at radius 2 is 2.22 bits per heavy atom. The van der Waals surface area contributed by atoms with Crippen LogP contribution in [-0.2, 0) is 10.0 Å². The van der Waals surface area contributed by atoms with Crippen LogP contribution < -0.4 is 10.0 Å². The average Bonchev–Trinajstić information content (AvgIpc) is 2.35. The molecule has 1 aromatic carbocycles. The Morgan fingerprint density at radius 3 is 2.89 bits per heavy atom. The lowest BCUT2D eigenvalue weighted by molar-refractivity contribution is 0.499. The van der Waals surface area contributed by atoms with Crippen LogP contribution in [0, 0.1) is 5.82 Å². The van der Waals surface area contributed by atoms with Crippen LogP contribution in [0.25, 0.3) is 0 Å². The maximum Gasteiger partial charge on any atom is 0.236 e. The van der Waals surface area contributed by atoms with Crippen molar-refractivity contribution in [3.05, 3.63) is 29.0 Å². The standard InChI is InChI=1S/C11H14ClFN2O2S/c12-8-3-4-10(13)11(6-8)15-18(16,17)9-2-1-5-14-7-9/h3-4,6,9,14-15H,1-2,5,7H2. The van der Waals surface area contributed by atoms with Crippen molar-refractivity contribution >= 4 is 27.3 Å². The molecule has 0 spiro atoms. The molecule has 0 amide bonds. The normalized spacial score (nSPS) is 20.7. The second kappa shape index (κ2) is 5.42. The van der Waals surface area contributed by atoms with Crippen LogP contribution in [0.3, 0.4) is 0 Å². The molecule has 1 aromatic rings. The Balaban J connectivity index is 2.18. The summed E-state index contributed by atoms with van der Waals surface area (Å²) in [5.74, 6) is -0.633. The molecule has 4 nitrogen and oxygen atoms in total. The molecule has 0 saturated carbocycles. The highest BCUT2D eigenvalue weighted by atomic mass is 35.5. The number of halogens is 2. The Labute approximate surface area is 111 Å². The Morgan fingerprint density at radius 1 is 1.44 bits per heavy atom. The number of hydrogen-bond donors (Lipinski definition) is 2. The molecule has 1 aliphatic heterocycles. The van der Waals surface area contributed by atoms with E-state index in [1.807, 2.05) is 0 Å². The van der Waals surface area contributed by atoms with Gasteiger partial charge in [-0.2, -0.15) is 0 Å². The number of rotatable bonds is 3. The van der Waals surface area contributed by atoms with Crippen molar-refractivity contribution < 1.29 is 12.8 Å². The zero-order valence-electron chi connectivity index (χ0n) is 9.62. The molecule has 1 fully saturated rings. The van der Waals surface area contributed by atoms with Crippen molar-refractivity contribution in [1.82, 2.24) is 5.32 Å². The van der Waals surface area contributed by atoms with Gasteiger partial charge in [-0.25, -0.2) is 12.8 Å². The molecule has 0 bridgehead atoms. The number of piperidine rings is 1. The first-order chi connectivity index (χ1) is 8.49. The van der Waals surface area contributed by atoms with Gasteiger partial charge < -0.3 is 5.32 Å². The maximum atomic E-state index is 13.5. The number of nitrogens with one attached hydrogen (secondary N) is 2. The molecule has 100 valence electrons. The Kier molecular flexibility index (Phi) is 4.09. The molecule has 0 aliphatic carbocycles. The molecule has 1 heterocycles. The fourth-order valence-electron chi connectivity index (χ4n) is 1.90. The zero-order chi connectivity index (χ0) is 13.2. The van der Waals surface area contributed by atoms with Gasteiger partial charge in [0, 0.05) is 11.6 Å². The first kappa shape index (κ1) is 13.6. The van der Waals surface area contributed by atoms with Gasteiger partial charge in [0.25, 0.3) is 0 Å². The summed E-state index contributed by atoms with van der Waals surface area (Å²) in [4.78, 5) is 0. The van der Waals surface area contributed by atoms with Crippen LogP contribution >= 0.6 is 11.6 Å². The minimum Gasteiger partial charge on any atom is -0.315 e. The van der Waals surface area contributed by atoms with E-state index in [9.17, 15) is 12.8 Å². The van der Waals surface area contributed by atoms with Crippen LogP contribution in [0.15, 0.2) is 18.2 Å². The number of benzene rings is 1. The number of anilines is 1. The van der Waals surface area contributed by atoms with Gasteiger partial charge in [0.05, 0.1) is 10.9 Å². The third-order valence-electron chi connectivity index (χ3n) is 2.87. The fourth-order valence-corrected chi connectivity index (χ4v) is 3.51. The van der Waals surface area contributed by atoms with Gasteiger partial charge in [0.15, 0.2) is 0 Å². The van der Waals surface area contributed by atoms with E-state index in [-0.39, 0.29) is 10.7 Å². The molecular weight excluding hydrogens is 279 g/mol. The van der Waals surface area contributed by atoms with Crippen LogP contribution in [-0.4, -0.2) is 26.8 Å². The minimum atomic E-state index is -3.59. The molecule has 2 N–H and O–H groups in total. The molecule has 0 radical (unpaired) electrons. The summed E-state index contributed by atoms with van der Waals surface area (Å²) >= 11 is 5.72. The molecule has 0 aromatic heterocycles. The van der Waals surface area contributed by atoms with Crippen molar-refractivity contribution in [3.63, 3.8) is 0 Å². The van der Waals surface area contributed by atoms with E-state index in [1.165, 1.54) is 12.1 Å². The molecule has 7 heteroatoms. The van der Waals surface area contributed by atoms with E-state index >= 15 is 0 Å². The van der Waals surface area contributed by atoms with Gasteiger partial charge in [-0.3, -0.25) is 4.72 Å². The second-order valence-corrected chi connectivity index (χ2v) is 6.64. The molecule has 1 saturated heterocycles. The summed E-state index contributed by atoms with van der Waals surface area (Å²) in [5.41, 5.74) is -0.104.